The van der Waals surface area contributed by atoms with Crippen molar-refractivity contribution in [3.8, 4) is 11.5 Å². The number of ether oxygens (including phenoxy) is 2. The van der Waals surface area contributed by atoms with Crippen LogP contribution < -0.4 is 35.9 Å². The number of aryl methyl sites for hydroxylation is 2. The molecule has 3 aliphatic heterocycles. The van der Waals surface area contributed by atoms with E-state index in [-0.39, 0.29) is 23.5 Å². The standard InChI is InChI=1S/C36H37N5O4S/c1-22-10-12-27(14-23(22)2)38-36(46)39-29-16-25(35(43)37-17-28-21-44-32-7-3-4-8-33(32)45-28)11-13-31(29)40-18-24-15-26(20-40)30-6-5-9-34(42)41(30)19-24/h3-14,16,24,26,28H,15,17-21H2,1-2H3,(H,37,43)(H2,38,39,46). The molecule has 4 aromatic rings. The summed E-state index contributed by atoms with van der Waals surface area (Å²) in [6, 6.07) is 24.9. The lowest BCUT2D eigenvalue weighted by molar-refractivity contribution is 0.0789. The van der Waals surface area contributed by atoms with Gasteiger partial charge in [0.05, 0.1) is 17.9 Å². The highest BCUT2D eigenvalue weighted by Crippen LogP contribution is 2.39. The Morgan fingerprint density at radius 2 is 1.76 bits per heavy atom. The fourth-order valence-corrected chi connectivity index (χ4v) is 6.95. The number of rotatable bonds is 6. The van der Waals surface area contributed by atoms with Crippen molar-refractivity contribution in [2.24, 2.45) is 5.92 Å². The van der Waals surface area contributed by atoms with Crippen LogP contribution in [0.25, 0.3) is 0 Å². The number of benzene rings is 3. The Labute approximate surface area is 273 Å². The number of carbonyl (C=O) groups is 1. The van der Waals surface area contributed by atoms with E-state index < -0.39 is 0 Å². The van der Waals surface area contributed by atoms with Gasteiger partial charge in [0.2, 0.25) is 0 Å². The van der Waals surface area contributed by atoms with Crippen molar-refractivity contribution in [3.63, 3.8) is 0 Å². The number of nitrogens with one attached hydrogen (secondary N) is 3. The molecule has 9 nitrogen and oxygen atoms in total. The maximum Gasteiger partial charge on any atom is 0.251 e. The quantitative estimate of drug-likeness (QED) is 0.240. The molecular formula is C36H37N5O4S. The van der Waals surface area contributed by atoms with E-state index in [0.717, 1.165) is 42.3 Å². The van der Waals surface area contributed by atoms with Gasteiger partial charge < -0.3 is 34.9 Å². The van der Waals surface area contributed by atoms with Crippen molar-refractivity contribution in [2.75, 3.05) is 41.8 Å². The summed E-state index contributed by atoms with van der Waals surface area (Å²) in [4.78, 5) is 28.4. The third kappa shape index (κ3) is 6.17. The average Bonchev–Trinajstić information content (AvgIpc) is 3.05. The smallest absolute Gasteiger partial charge is 0.251 e. The second kappa shape index (κ2) is 12.5. The summed E-state index contributed by atoms with van der Waals surface area (Å²) in [5, 5.41) is 10.1. The van der Waals surface area contributed by atoms with Crippen molar-refractivity contribution in [2.45, 2.75) is 38.8 Å². The molecule has 236 valence electrons. The number of anilines is 3. The van der Waals surface area contributed by atoms with E-state index in [1.165, 1.54) is 11.1 Å². The fraction of sp³-hybridized carbons (Fsp3) is 0.306. The van der Waals surface area contributed by atoms with Gasteiger partial charge in [-0.3, -0.25) is 9.59 Å². The Kier molecular flexibility index (Phi) is 8.12. The Bertz CT molecular complexity index is 1870. The minimum absolute atomic E-state index is 0.0653. The number of fused-ring (bicyclic) bond motifs is 5. The first kappa shape index (κ1) is 29.9. The lowest BCUT2D eigenvalue weighted by Crippen LogP contribution is -2.47. The summed E-state index contributed by atoms with van der Waals surface area (Å²) in [5.74, 6) is 1.74. The summed E-state index contributed by atoms with van der Waals surface area (Å²) in [6.45, 7) is 7.07. The minimum Gasteiger partial charge on any atom is -0.486 e. The number of aromatic nitrogens is 1. The fourth-order valence-electron chi connectivity index (χ4n) is 6.72. The Balaban J connectivity index is 1.12. The average molecular weight is 636 g/mol. The third-order valence-electron chi connectivity index (χ3n) is 9.15. The van der Waals surface area contributed by atoms with Crippen LogP contribution in [-0.2, 0) is 6.54 Å². The molecule has 46 heavy (non-hydrogen) atoms. The number of pyridine rings is 1. The van der Waals surface area contributed by atoms with E-state index >= 15 is 0 Å². The second-order valence-electron chi connectivity index (χ2n) is 12.4. The van der Waals surface area contributed by atoms with Gasteiger partial charge >= 0.3 is 0 Å². The van der Waals surface area contributed by atoms with Crippen LogP contribution in [0.15, 0.2) is 83.7 Å². The maximum atomic E-state index is 13.4. The van der Waals surface area contributed by atoms with Gasteiger partial charge in [-0.25, -0.2) is 0 Å². The largest absolute Gasteiger partial charge is 0.486 e. The highest BCUT2D eigenvalue weighted by atomic mass is 32.1. The molecule has 1 amide bonds. The molecule has 7 rings (SSSR count). The first-order valence-corrected chi connectivity index (χ1v) is 16.1. The lowest BCUT2D eigenvalue weighted by Gasteiger charge is -2.44. The van der Waals surface area contributed by atoms with E-state index in [2.05, 4.69) is 52.9 Å². The molecule has 0 saturated carbocycles. The molecule has 3 aromatic carbocycles. The van der Waals surface area contributed by atoms with Crippen molar-refractivity contribution >= 4 is 40.3 Å². The maximum absolute atomic E-state index is 13.4. The van der Waals surface area contributed by atoms with Crippen molar-refractivity contribution in [1.82, 2.24) is 9.88 Å². The molecule has 2 bridgehead atoms. The summed E-state index contributed by atoms with van der Waals surface area (Å²) in [6.07, 6.45) is 0.751. The Hall–Kier alpha value is -4.83. The molecule has 3 aliphatic rings. The molecule has 3 atom stereocenters. The predicted octanol–water partition coefficient (Wildman–Crippen LogP) is 5.47. The first-order chi connectivity index (χ1) is 22.3. The molecular weight excluding hydrogens is 598 g/mol. The van der Waals surface area contributed by atoms with Gasteiger partial charge in [-0.05, 0) is 98.1 Å². The van der Waals surface area contributed by atoms with Gasteiger partial charge in [-0.15, -0.1) is 0 Å². The molecule has 3 unspecified atom stereocenters. The number of nitrogens with zero attached hydrogens (tertiary/aromatic N) is 2. The van der Waals surface area contributed by atoms with Crippen LogP contribution in [0.5, 0.6) is 11.5 Å². The number of para-hydroxylation sites is 2. The molecule has 0 radical (unpaired) electrons. The van der Waals surface area contributed by atoms with Gasteiger partial charge in [0.25, 0.3) is 11.5 Å². The van der Waals surface area contributed by atoms with Crippen LogP contribution in [-0.4, -0.2) is 47.9 Å². The van der Waals surface area contributed by atoms with Gasteiger partial charge in [-0.2, -0.15) is 0 Å². The lowest BCUT2D eigenvalue weighted by atomic mass is 9.83. The van der Waals surface area contributed by atoms with Crippen molar-refractivity contribution in [3.05, 3.63) is 112 Å². The van der Waals surface area contributed by atoms with Crippen LogP contribution in [0.4, 0.5) is 17.1 Å². The zero-order valence-electron chi connectivity index (χ0n) is 25.9. The highest BCUT2D eigenvalue weighted by Gasteiger charge is 2.35. The van der Waals surface area contributed by atoms with E-state index in [1.54, 1.807) is 6.07 Å². The van der Waals surface area contributed by atoms with E-state index in [0.29, 0.717) is 47.8 Å². The van der Waals surface area contributed by atoms with Gasteiger partial charge in [-0.1, -0.05) is 24.3 Å². The molecule has 3 N–H and O–H groups in total. The number of piperidine rings is 1. The van der Waals surface area contributed by atoms with Crippen molar-refractivity contribution < 1.29 is 14.3 Å². The summed E-state index contributed by atoms with van der Waals surface area (Å²) in [7, 11) is 0. The zero-order chi connectivity index (χ0) is 31.8. The molecule has 4 heterocycles. The van der Waals surface area contributed by atoms with Gasteiger partial charge in [0.15, 0.2) is 16.6 Å². The van der Waals surface area contributed by atoms with Crippen LogP contribution in [0.1, 0.15) is 39.5 Å². The predicted molar refractivity (Wildman–Crippen MR) is 185 cm³/mol. The third-order valence-corrected chi connectivity index (χ3v) is 9.35. The van der Waals surface area contributed by atoms with Crippen LogP contribution in [0, 0.1) is 19.8 Å². The molecule has 0 aliphatic carbocycles. The molecule has 1 saturated heterocycles. The number of thiocarbonyl (C=S) groups is 1. The number of hydrogen-bond donors (Lipinski definition) is 3. The van der Waals surface area contributed by atoms with Gasteiger partial charge in [0.1, 0.15) is 12.7 Å². The molecule has 10 heteroatoms. The topological polar surface area (TPSA) is 96.9 Å². The summed E-state index contributed by atoms with van der Waals surface area (Å²) in [5.41, 5.74) is 6.63. The highest BCUT2D eigenvalue weighted by molar-refractivity contribution is 7.80. The van der Waals surface area contributed by atoms with Crippen LogP contribution in [0.2, 0.25) is 0 Å². The second-order valence-corrected chi connectivity index (χ2v) is 12.8. The number of amides is 1. The summed E-state index contributed by atoms with van der Waals surface area (Å²) >= 11 is 5.77. The molecule has 0 spiro atoms. The van der Waals surface area contributed by atoms with Crippen LogP contribution >= 0.6 is 12.2 Å². The zero-order valence-corrected chi connectivity index (χ0v) is 26.7. The Morgan fingerprint density at radius 1 is 0.913 bits per heavy atom. The van der Waals surface area contributed by atoms with Gasteiger partial charge in [0, 0.05) is 48.6 Å². The normalized spacial score (nSPS) is 19.5. The number of hydrogen-bond acceptors (Lipinski definition) is 6. The van der Waals surface area contributed by atoms with E-state index in [1.807, 2.05) is 59.2 Å². The van der Waals surface area contributed by atoms with Crippen molar-refractivity contribution in [1.29, 1.82) is 0 Å². The molecule has 1 fully saturated rings. The monoisotopic (exact) mass is 635 g/mol. The Morgan fingerprint density at radius 3 is 2.61 bits per heavy atom. The summed E-state index contributed by atoms with van der Waals surface area (Å²) < 4.78 is 13.8. The molecule has 1 aromatic heterocycles. The van der Waals surface area contributed by atoms with E-state index in [9.17, 15) is 9.59 Å². The SMILES string of the molecule is Cc1ccc(NC(=S)Nc2cc(C(=O)NCC3COc4ccccc4O3)ccc2N2CC3CC(C2)c2cccc(=O)n2C3)cc1C. The first-order valence-electron chi connectivity index (χ1n) is 15.7. The van der Waals surface area contributed by atoms with Crippen LogP contribution in [0.3, 0.4) is 0 Å². The van der Waals surface area contributed by atoms with E-state index in [4.69, 9.17) is 21.7 Å². The minimum atomic E-state index is -0.298. The number of carbonyl (C=O) groups excluding carboxylic acids is 1.